The van der Waals surface area contributed by atoms with Crippen LogP contribution in [0.4, 0.5) is 0 Å². The highest BCUT2D eigenvalue weighted by molar-refractivity contribution is 7.99. The van der Waals surface area contributed by atoms with E-state index in [9.17, 15) is 5.26 Å². The Balaban J connectivity index is 1.78. The largest absolute Gasteiger partial charge is 0.198 e. The fourth-order valence-corrected chi connectivity index (χ4v) is 5.29. The summed E-state index contributed by atoms with van der Waals surface area (Å²) in [5.74, 6) is 2.53. The third-order valence-corrected chi connectivity index (χ3v) is 6.45. The summed E-state index contributed by atoms with van der Waals surface area (Å²) in [6.45, 7) is 2.28. The Bertz CT molecular complexity index is 518. The molecule has 0 amide bonds. The van der Waals surface area contributed by atoms with Crippen molar-refractivity contribution in [2.45, 2.75) is 56.3 Å². The lowest BCUT2D eigenvalue weighted by atomic mass is 9.65. The van der Waals surface area contributed by atoms with Gasteiger partial charge in [-0.2, -0.15) is 5.26 Å². The molecule has 2 aliphatic rings. The number of benzene rings is 1. The van der Waals surface area contributed by atoms with E-state index in [1.54, 1.807) is 0 Å². The van der Waals surface area contributed by atoms with E-state index in [2.05, 4.69) is 37.3 Å². The number of nitriles is 1. The lowest BCUT2D eigenvalue weighted by molar-refractivity contribution is 0.175. The molecule has 1 aliphatic carbocycles. The SMILES string of the molecule is CCC1CCCC(C#N)(CC2CSc3ccccc32)C1. The molecular weight excluding hydrogens is 262 g/mol. The van der Waals surface area contributed by atoms with Crippen molar-refractivity contribution in [1.29, 1.82) is 5.26 Å². The van der Waals surface area contributed by atoms with Crippen molar-refractivity contribution in [3.63, 3.8) is 0 Å². The first kappa shape index (κ1) is 14.0. The molecule has 2 heteroatoms. The average molecular weight is 285 g/mol. The van der Waals surface area contributed by atoms with E-state index < -0.39 is 0 Å². The maximum absolute atomic E-state index is 9.81. The molecule has 1 nitrogen and oxygen atoms in total. The Kier molecular flexibility index (Phi) is 4.08. The highest BCUT2D eigenvalue weighted by Crippen LogP contribution is 2.50. The molecule has 0 bridgehead atoms. The summed E-state index contributed by atoms with van der Waals surface area (Å²) in [6, 6.07) is 11.5. The second-order valence-corrected chi connectivity index (χ2v) is 7.57. The second-order valence-electron chi connectivity index (χ2n) is 6.51. The van der Waals surface area contributed by atoms with Gasteiger partial charge in [0, 0.05) is 10.6 Å². The molecule has 0 spiro atoms. The van der Waals surface area contributed by atoms with Crippen molar-refractivity contribution in [1.82, 2.24) is 0 Å². The van der Waals surface area contributed by atoms with Gasteiger partial charge in [-0.05, 0) is 42.7 Å². The summed E-state index contributed by atoms with van der Waals surface area (Å²) in [5, 5.41) is 9.81. The Morgan fingerprint density at radius 2 is 2.25 bits per heavy atom. The van der Waals surface area contributed by atoms with E-state index >= 15 is 0 Å². The molecule has 1 saturated carbocycles. The third-order valence-electron chi connectivity index (χ3n) is 5.20. The topological polar surface area (TPSA) is 23.8 Å². The highest BCUT2D eigenvalue weighted by atomic mass is 32.2. The Morgan fingerprint density at radius 3 is 3.05 bits per heavy atom. The number of thioether (sulfide) groups is 1. The standard InChI is InChI=1S/C18H23NS/c1-2-14-6-5-9-18(10-14,13-19)11-15-12-20-17-8-4-3-7-16(15)17/h3-4,7-8,14-15H,2,5-6,9-12H2,1H3. The van der Waals surface area contributed by atoms with E-state index in [0.29, 0.717) is 5.92 Å². The third kappa shape index (κ3) is 2.61. The molecule has 1 fully saturated rings. The number of hydrogen-bond acceptors (Lipinski definition) is 2. The summed E-state index contributed by atoms with van der Waals surface area (Å²) in [6.07, 6.45) is 7.12. The summed E-state index contributed by atoms with van der Waals surface area (Å²) in [4.78, 5) is 1.44. The molecule has 3 atom stereocenters. The van der Waals surface area contributed by atoms with Crippen LogP contribution >= 0.6 is 11.8 Å². The molecular formula is C18H23NS. The van der Waals surface area contributed by atoms with Gasteiger partial charge in [0.1, 0.15) is 0 Å². The number of rotatable bonds is 3. The monoisotopic (exact) mass is 285 g/mol. The summed E-state index contributed by atoms with van der Waals surface area (Å²) in [7, 11) is 0. The minimum absolute atomic E-state index is 0.0540. The van der Waals surface area contributed by atoms with E-state index in [1.807, 2.05) is 11.8 Å². The first-order chi connectivity index (χ1) is 9.76. The Hall–Kier alpha value is -0.940. The molecule has 20 heavy (non-hydrogen) atoms. The van der Waals surface area contributed by atoms with Crippen LogP contribution in [0, 0.1) is 22.7 Å². The first-order valence-electron chi connectivity index (χ1n) is 7.89. The smallest absolute Gasteiger partial charge is 0.0690 e. The van der Waals surface area contributed by atoms with E-state index in [1.165, 1.54) is 35.5 Å². The van der Waals surface area contributed by atoms with Gasteiger partial charge in [-0.3, -0.25) is 0 Å². The van der Waals surface area contributed by atoms with Crippen molar-refractivity contribution in [2.75, 3.05) is 5.75 Å². The van der Waals surface area contributed by atoms with Gasteiger partial charge >= 0.3 is 0 Å². The summed E-state index contributed by atoms with van der Waals surface area (Å²) >= 11 is 1.97. The maximum atomic E-state index is 9.81. The first-order valence-corrected chi connectivity index (χ1v) is 8.88. The van der Waals surface area contributed by atoms with Crippen molar-refractivity contribution < 1.29 is 0 Å². The molecule has 0 N–H and O–H groups in total. The zero-order valence-electron chi connectivity index (χ0n) is 12.3. The minimum Gasteiger partial charge on any atom is -0.198 e. The van der Waals surface area contributed by atoms with E-state index in [4.69, 9.17) is 0 Å². The van der Waals surface area contributed by atoms with Crippen LogP contribution in [-0.2, 0) is 0 Å². The lowest BCUT2D eigenvalue weighted by Gasteiger charge is -2.37. The molecule has 0 aromatic heterocycles. The van der Waals surface area contributed by atoms with Gasteiger partial charge in [0.05, 0.1) is 11.5 Å². The molecule has 0 radical (unpaired) electrons. The van der Waals surface area contributed by atoms with E-state index in [0.717, 1.165) is 25.2 Å². The summed E-state index contributed by atoms with van der Waals surface area (Å²) in [5.41, 5.74) is 1.44. The predicted molar refractivity (Wildman–Crippen MR) is 84.8 cm³/mol. The van der Waals surface area contributed by atoms with Crippen LogP contribution in [0.1, 0.15) is 56.9 Å². The molecule has 1 aliphatic heterocycles. The summed E-state index contributed by atoms with van der Waals surface area (Å²) < 4.78 is 0. The van der Waals surface area contributed by atoms with Crippen LogP contribution in [0.5, 0.6) is 0 Å². The molecule has 106 valence electrons. The Labute approximate surface area is 126 Å². The van der Waals surface area contributed by atoms with Crippen molar-refractivity contribution in [3.8, 4) is 6.07 Å². The van der Waals surface area contributed by atoms with Crippen LogP contribution in [0.15, 0.2) is 29.2 Å². The van der Waals surface area contributed by atoms with Gasteiger partial charge in [-0.1, -0.05) is 44.4 Å². The second kappa shape index (κ2) is 5.82. The maximum Gasteiger partial charge on any atom is 0.0690 e. The van der Waals surface area contributed by atoms with Gasteiger partial charge in [0.25, 0.3) is 0 Å². The number of fused-ring (bicyclic) bond motifs is 1. The van der Waals surface area contributed by atoms with Crippen molar-refractivity contribution >= 4 is 11.8 Å². The quantitative estimate of drug-likeness (QED) is 0.744. The van der Waals surface area contributed by atoms with Crippen LogP contribution in [-0.4, -0.2) is 5.75 Å². The van der Waals surface area contributed by atoms with Crippen LogP contribution in [0.3, 0.4) is 0 Å². The van der Waals surface area contributed by atoms with Crippen molar-refractivity contribution in [2.24, 2.45) is 11.3 Å². The normalized spacial score (nSPS) is 32.6. The fraction of sp³-hybridized carbons (Fsp3) is 0.611. The van der Waals surface area contributed by atoms with Gasteiger partial charge in [0.2, 0.25) is 0 Å². The predicted octanol–water partition coefficient (Wildman–Crippen LogP) is 5.38. The van der Waals surface area contributed by atoms with Crippen LogP contribution in [0.25, 0.3) is 0 Å². The zero-order chi connectivity index (χ0) is 14.0. The van der Waals surface area contributed by atoms with Gasteiger partial charge in [-0.15, -0.1) is 11.8 Å². The number of hydrogen-bond donors (Lipinski definition) is 0. The average Bonchev–Trinajstić information content (AvgIpc) is 2.90. The van der Waals surface area contributed by atoms with Crippen LogP contribution < -0.4 is 0 Å². The molecule has 3 unspecified atom stereocenters. The zero-order valence-corrected chi connectivity index (χ0v) is 13.1. The lowest BCUT2D eigenvalue weighted by Crippen LogP contribution is -2.29. The molecule has 1 heterocycles. The fourth-order valence-electron chi connectivity index (χ4n) is 4.04. The minimum atomic E-state index is -0.0540. The number of nitrogens with zero attached hydrogens (tertiary/aromatic N) is 1. The van der Waals surface area contributed by atoms with Crippen LogP contribution in [0.2, 0.25) is 0 Å². The molecule has 3 rings (SSSR count). The Morgan fingerprint density at radius 1 is 1.40 bits per heavy atom. The van der Waals surface area contributed by atoms with Gasteiger partial charge in [-0.25, -0.2) is 0 Å². The molecule has 0 saturated heterocycles. The molecule has 1 aromatic carbocycles. The van der Waals surface area contributed by atoms with Gasteiger partial charge < -0.3 is 0 Å². The van der Waals surface area contributed by atoms with E-state index in [-0.39, 0.29) is 5.41 Å². The highest BCUT2D eigenvalue weighted by Gasteiger charge is 2.39. The van der Waals surface area contributed by atoms with Gasteiger partial charge in [0.15, 0.2) is 0 Å². The van der Waals surface area contributed by atoms with Crippen molar-refractivity contribution in [3.05, 3.63) is 29.8 Å². The molecule has 1 aromatic rings.